The molecule has 1 saturated carbocycles. The number of sulfone groups is 1. The first-order valence-corrected chi connectivity index (χ1v) is 10.0. The number of rotatable bonds is 3. The summed E-state index contributed by atoms with van der Waals surface area (Å²) in [6.07, 6.45) is 3.53. The number of nitrogens with zero attached hydrogens (tertiary/aromatic N) is 1. The summed E-state index contributed by atoms with van der Waals surface area (Å²) in [5.74, 6) is -0.720. The lowest BCUT2D eigenvalue weighted by Gasteiger charge is -2.38. The van der Waals surface area contributed by atoms with Gasteiger partial charge in [0.05, 0.1) is 17.4 Å². The van der Waals surface area contributed by atoms with Crippen LogP contribution in [0, 0.1) is 5.92 Å². The summed E-state index contributed by atoms with van der Waals surface area (Å²) in [5, 5.41) is 2.76. The molecule has 3 N–H and O–H groups in total. The van der Waals surface area contributed by atoms with Crippen LogP contribution in [0.15, 0.2) is 0 Å². The quantitative estimate of drug-likeness (QED) is 0.727. The van der Waals surface area contributed by atoms with Gasteiger partial charge in [0.1, 0.15) is 6.04 Å². The molecule has 1 aliphatic heterocycles. The number of nitrogens with one attached hydrogen (secondary N) is 1. The Balaban J connectivity index is 1.92. The normalized spacial score (nSPS) is 32.1. The molecule has 1 heterocycles. The van der Waals surface area contributed by atoms with Crippen LogP contribution in [0.1, 0.15) is 39.5 Å². The SMILES string of the molecule is CC(NC(=O)C1CCCCC1(C)N)C(=O)N1CCS(=O)(=O)CC1. The van der Waals surface area contributed by atoms with Gasteiger partial charge in [0.25, 0.3) is 0 Å². The minimum Gasteiger partial charge on any atom is -0.344 e. The summed E-state index contributed by atoms with van der Waals surface area (Å²) in [4.78, 5) is 26.3. The van der Waals surface area contributed by atoms with Gasteiger partial charge in [0.2, 0.25) is 11.8 Å². The highest BCUT2D eigenvalue weighted by molar-refractivity contribution is 7.91. The van der Waals surface area contributed by atoms with E-state index in [0.717, 1.165) is 25.7 Å². The smallest absolute Gasteiger partial charge is 0.244 e. The highest BCUT2D eigenvalue weighted by Crippen LogP contribution is 2.31. The summed E-state index contributed by atoms with van der Waals surface area (Å²) in [5.41, 5.74) is 5.69. The van der Waals surface area contributed by atoms with Gasteiger partial charge in [-0.25, -0.2) is 8.42 Å². The second-order valence-electron chi connectivity index (χ2n) is 7.01. The van der Waals surface area contributed by atoms with Crippen molar-refractivity contribution in [3.63, 3.8) is 0 Å². The van der Waals surface area contributed by atoms with E-state index in [-0.39, 0.29) is 42.3 Å². The van der Waals surface area contributed by atoms with Gasteiger partial charge in [0.15, 0.2) is 9.84 Å². The molecule has 0 radical (unpaired) electrons. The van der Waals surface area contributed by atoms with Gasteiger partial charge >= 0.3 is 0 Å². The van der Waals surface area contributed by atoms with E-state index in [1.807, 2.05) is 6.92 Å². The lowest BCUT2D eigenvalue weighted by Crippen LogP contribution is -2.57. The molecule has 2 aliphatic rings. The van der Waals surface area contributed by atoms with Crippen LogP contribution in [0.5, 0.6) is 0 Å². The molecule has 1 aliphatic carbocycles. The van der Waals surface area contributed by atoms with E-state index in [2.05, 4.69) is 5.32 Å². The molecule has 2 amide bonds. The molecule has 3 unspecified atom stereocenters. The third kappa shape index (κ3) is 4.44. The Kier molecular flexibility index (Phi) is 5.35. The fraction of sp³-hybridized carbons (Fsp3) is 0.867. The minimum atomic E-state index is -3.03. The maximum absolute atomic E-state index is 12.5. The van der Waals surface area contributed by atoms with Crippen molar-refractivity contribution >= 4 is 21.7 Å². The standard InChI is InChI=1S/C15H27N3O4S/c1-11(14(20)18-7-9-23(21,22)10-8-18)17-13(19)12-5-3-4-6-15(12,2)16/h11-12H,3-10,16H2,1-2H3,(H,17,19). The third-order valence-corrected chi connectivity index (χ3v) is 6.57. The lowest BCUT2D eigenvalue weighted by atomic mass is 9.74. The molecule has 0 aromatic heterocycles. The molecule has 2 rings (SSSR count). The van der Waals surface area contributed by atoms with Gasteiger partial charge in [-0.15, -0.1) is 0 Å². The number of hydrogen-bond acceptors (Lipinski definition) is 5. The third-order valence-electron chi connectivity index (χ3n) is 4.96. The monoisotopic (exact) mass is 345 g/mol. The van der Waals surface area contributed by atoms with E-state index >= 15 is 0 Å². The lowest BCUT2D eigenvalue weighted by molar-refractivity contribution is -0.137. The van der Waals surface area contributed by atoms with Crippen molar-refractivity contribution in [3.8, 4) is 0 Å². The van der Waals surface area contributed by atoms with Gasteiger partial charge in [-0.3, -0.25) is 9.59 Å². The Hall–Kier alpha value is -1.15. The zero-order chi connectivity index (χ0) is 17.3. The van der Waals surface area contributed by atoms with E-state index < -0.39 is 21.4 Å². The summed E-state index contributed by atoms with van der Waals surface area (Å²) in [6, 6.07) is -0.666. The average Bonchev–Trinajstić information content (AvgIpc) is 2.45. The molecule has 0 spiro atoms. The summed E-state index contributed by atoms with van der Waals surface area (Å²) >= 11 is 0. The highest BCUT2D eigenvalue weighted by Gasteiger charge is 2.39. The Morgan fingerprint density at radius 2 is 1.87 bits per heavy atom. The van der Waals surface area contributed by atoms with Crippen molar-refractivity contribution in [2.24, 2.45) is 11.7 Å². The fourth-order valence-corrected chi connectivity index (χ4v) is 4.57. The first-order chi connectivity index (χ1) is 10.6. The maximum atomic E-state index is 12.5. The van der Waals surface area contributed by atoms with E-state index in [9.17, 15) is 18.0 Å². The van der Waals surface area contributed by atoms with Crippen LogP contribution in [0.4, 0.5) is 0 Å². The summed E-state index contributed by atoms with van der Waals surface area (Å²) in [7, 11) is -3.03. The predicted molar refractivity (Wildman–Crippen MR) is 87.4 cm³/mol. The van der Waals surface area contributed by atoms with Crippen molar-refractivity contribution in [1.82, 2.24) is 10.2 Å². The fourth-order valence-electron chi connectivity index (χ4n) is 3.37. The van der Waals surface area contributed by atoms with E-state index in [4.69, 9.17) is 5.73 Å². The van der Waals surface area contributed by atoms with Crippen molar-refractivity contribution in [2.45, 2.75) is 51.1 Å². The van der Waals surface area contributed by atoms with Gasteiger partial charge < -0.3 is 16.0 Å². The van der Waals surface area contributed by atoms with Crippen LogP contribution in [0.2, 0.25) is 0 Å². The van der Waals surface area contributed by atoms with Crippen molar-refractivity contribution in [3.05, 3.63) is 0 Å². The molecule has 8 heteroatoms. The molecule has 2 fully saturated rings. The Morgan fingerprint density at radius 3 is 2.43 bits per heavy atom. The average molecular weight is 345 g/mol. The Labute approximate surface area is 137 Å². The summed E-state index contributed by atoms with van der Waals surface area (Å²) < 4.78 is 22.8. The summed E-state index contributed by atoms with van der Waals surface area (Å²) in [6.45, 7) is 3.91. The second-order valence-corrected chi connectivity index (χ2v) is 9.32. The van der Waals surface area contributed by atoms with Crippen molar-refractivity contribution in [2.75, 3.05) is 24.6 Å². The molecule has 132 valence electrons. The maximum Gasteiger partial charge on any atom is 0.244 e. The predicted octanol–water partition coefficient (Wildman–Crippen LogP) is -0.344. The number of carbonyl (C=O) groups is 2. The van der Waals surface area contributed by atoms with Crippen LogP contribution in [0.3, 0.4) is 0 Å². The first-order valence-electron chi connectivity index (χ1n) is 8.21. The van der Waals surface area contributed by atoms with Crippen LogP contribution in [-0.2, 0) is 19.4 Å². The molecule has 3 atom stereocenters. The van der Waals surface area contributed by atoms with E-state index in [1.165, 1.54) is 4.90 Å². The molecule has 0 aromatic rings. The van der Waals surface area contributed by atoms with Crippen LogP contribution in [0.25, 0.3) is 0 Å². The molecule has 0 bridgehead atoms. The number of amides is 2. The van der Waals surface area contributed by atoms with Crippen LogP contribution < -0.4 is 11.1 Å². The molecular weight excluding hydrogens is 318 g/mol. The van der Waals surface area contributed by atoms with Crippen molar-refractivity contribution < 1.29 is 18.0 Å². The molecule has 23 heavy (non-hydrogen) atoms. The van der Waals surface area contributed by atoms with Gasteiger partial charge in [0, 0.05) is 18.6 Å². The van der Waals surface area contributed by atoms with Crippen LogP contribution >= 0.6 is 0 Å². The zero-order valence-electron chi connectivity index (χ0n) is 13.9. The highest BCUT2D eigenvalue weighted by atomic mass is 32.2. The van der Waals surface area contributed by atoms with Gasteiger partial charge in [-0.05, 0) is 26.7 Å². The molecule has 7 nitrogen and oxygen atoms in total. The van der Waals surface area contributed by atoms with Crippen molar-refractivity contribution in [1.29, 1.82) is 0 Å². The first kappa shape index (κ1) is 18.2. The number of carbonyl (C=O) groups excluding carboxylic acids is 2. The van der Waals surface area contributed by atoms with E-state index in [1.54, 1.807) is 6.92 Å². The largest absolute Gasteiger partial charge is 0.344 e. The van der Waals surface area contributed by atoms with E-state index in [0.29, 0.717) is 0 Å². The van der Waals surface area contributed by atoms with Crippen LogP contribution in [-0.4, -0.2) is 61.3 Å². The molecule has 0 aromatic carbocycles. The number of nitrogens with two attached hydrogens (primary N) is 1. The Bertz CT molecular complexity index is 559. The number of hydrogen-bond donors (Lipinski definition) is 2. The minimum absolute atomic E-state index is 0.0110. The van der Waals surface area contributed by atoms with Gasteiger partial charge in [-0.2, -0.15) is 0 Å². The second kappa shape index (κ2) is 6.76. The molecule has 1 saturated heterocycles. The Morgan fingerprint density at radius 1 is 1.26 bits per heavy atom. The topological polar surface area (TPSA) is 110 Å². The van der Waals surface area contributed by atoms with Gasteiger partial charge in [-0.1, -0.05) is 12.8 Å². The zero-order valence-corrected chi connectivity index (χ0v) is 14.7. The molecular formula is C15H27N3O4S.